The van der Waals surface area contributed by atoms with Gasteiger partial charge in [0.1, 0.15) is 0 Å². The normalized spacial score (nSPS) is 11.4. The molecule has 0 bridgehead atoms. The molecule has 0 amide bonds. The summed E-state index contributed by atoms with van der Waals surface area (Å²) in [5, 5.41) is 5.03. The van der Waals surface area contributed by atoms with Gasteiger partial charge in [-0.25, -0.2) is 9.97 Å². The summed E-state index contributed by atoms with van der Waals surface area (Å²) >= 11 is 1.85. The summed E-state index contributed by atoms with van der Waals surface area (Å²) in [6.45, 7) is 0. The first kappa shape index (κ1) is 31.1. The molecular weight excluding hydrogens is 661 g/mol. The highest BCUT2D eigenvalue weighted by molar-refractivity contribution is 7.25. The van der Waals surface area contributed by atoms with E-state index in [0.717, 1.165) is 39.2 Å². The predicted octanol–water partition coefficient (Wildman–Crippen LogP) is 14.0. The van der Waals surface area contributed by atoms with Crippen molar-refractivity contribution in [2.45, 2.75) is 0 Å². The zero-order chi connectivity index (χ0) is 35.1. The third kappa shape index (κ3) is 5.87. The molecule has 10 rings (SSSR count). The zero-order valence-corrected chi connectivity index (χ0v) is 29.6. The lowest BCUT2D eigenvalue weighted by Gasteiger charge is -2.14. The minimum atomic E-state index is 0.703. The summed E-state index contributed by atoms with van der Waals surface area (Å²) in [5.41, 5.74) is 11.9. The Hall–Kier alpha value is -6.68. The molecule has 0 saturated carbocycles. The number of rotatable bonds is 6. The van der Waals surface area contributed by atoms with E-state index in [1.807, 2.05) is 29.5 Å². The number of hydrogen-bond donors (Lipinski definition) is 0. The van der Waals surface area contributed by atoms with E-state index < -0.39 is 0 Å². The van der Waals surface area contributed by atoms with Gasteiger partial charge in [0.2, 0.25) is 0 Å². The van der Waals surface area contributed by atoms with Gasteiger partial charge in [0.05, 0.1) is 11.4 Å². The van der Waals surface area contributed by atoms with Crippen LogP contribution in [-0.4, -0.2) is 9.97 Å². The van der Waals surface area contributed by atoms with Crippen molar-refractivity contribution >= 4 is 42.3 Å². The Balaban J connectivity index is 1.19. The van der Waals surface area contributed by atoms with Gasteiger partial charge in [-0.2, -0.15) is 0 Å². The summed E-state index contributed by atoms with van der Waals surface area (Å²) in [5.74, 6) is 0.703. The summed E-state index contributed by atoms with van der Waals surface area (Å²) in [6, 6.07) is 69.3. The molecule has 0 spiro atoms. The molecule has 0 saturated heterocycles. The fraction of sp³-hybridized carbons (Fsp3) is 0. The molecule has 2 nitrogen and oxygen atoms in total. The molecule has 0 fully saturated rings. The van der Waals surface area contributed by atoms with Gasteiger partial charge in [-0.05, 0) is 86.6 Å². The maximum absolute atomic E-state index is 5.28. The Bertz CT molecular complexity index is 2930. The van der Waals surface area contributed by atoms with Crippen LogP contribution in [0.5, 0.6) is 0 Å². The van der Waals surface area contributed by atoms with Crippen LogP contribution < -0.4 is 0 Å². The van der Waals surface area contributed by atoms with Crippen molar-refractivity contribution in [3.05, 3.63) is 194 Å². The molecule has 0 aliphatic rings. The summed E-state index contributed by atoms with van der Waals surface area (Å²) in [7, 11) is 0. The molecule has 248 valence electrons. The lowest BCUT2D eigenvalue weighted by atomic mass is 9.92. The van der Waals surface area contributed by atoms with E-state index in [-0.39, 0.29) is 0 Å². The maximum atomic E-state index is 5.28. The molecular formula is C50H32N2S. The van der Waals surface area contributed by atoms with Crippen molar-refractivity contribution in [2.24, 2.45) is 0 Å². The molecule has 0 unspecified atom stereocenters. The van der Waals surface area contributed by atoms with Crippen LogP contribution in [0.1, 0.15) is 0 Å². The highest BCUT2D eigenvalue weighted by Gasteiger charge is 2.16. The third-order valence-corrected chi connectivity index (χ3v) is 11.2. The molecule has 53 heavy (non-hydrogen) atoms. The third-order valence-electron chi connectivity index (χ3n) is 10.1. The second-order valence-electron chi connectivity index (χ2n) is 13.4. The second kappa shape index (κ2) is 13.1. The van der Waals surface area contributed by atoms with E-state index in [2.05, 4.69) is 176 Å². The minimum Gasteiger partial charge on any atom is -0.228 e. The van der Waals surface area contributed by atoms with Crippen molar-refractivity contribution < 1.29 is 0 Å². The lowest BCUT2D eigenvalue weighted by Crippen LogP contribution is -1.96. The van der Waals surface area contributed by atoms with Crippen LogP contribution in [0, 0.1) is 0 Å². The van der Waals surface area contributed by atoms with Crippen molar-refractivity contribution in [1.82, 2.24) is 9.97 Å². The summed E-state index contributed by atoms with van der Waals surface area (Å²) in [4.78, 5) is 10.4. The van der Waals surface area contributed by atoms with Gasteiger partial charge in [-0.3, -0.25) is 0 Å². The fourth-order valence-corrected chi connectivity index (χ4v) is 8.54. The van der Waals surface area contributed by atoms with Crippen molar-refractivity contribution in [3.63, 3.8) is 0 Å². The van der Waals surface area contributed by atoms with Gasteiger partial charge < -0.3 is 0 Å². The number of benzene rings is 8. The Morgan fingerprint density at radius 3 is 1.72 bits per heavy atom. The first-order valence-corrected chi connectivity index (χ1v) is 18.7. The SMILES string of the molecule is c1ccc(-c2ccc(-c3cc(-c4cc(-c5ccc6ccccc6c5)cc(-c5cccc6sc7ccccc7c56)c4)nc(-c4ccccc4)n3)cc2)cc1. The van der Waals surface area contributed by atoms with E-state index in [4.69, 9.17) is 9.97 Å². The highest BCUT2D eigenvalue weighted by atomic mass is 32.1. The standard InChI is InChI=1S/C50H32N2S/c1-3-12-33(13-4-1)35-22-25-36(26-23-35)45-32-46(52-50(51-45)37-15-5-2-6-16-37)42-30-40(39-27-24-34-14-7-8-17-38(34)28-39)29-41(31-42)43-19-11-21-48-49(43)44-18-9-10-20-47(44)53-48/h1-32H. The fourth-order valence-electron chi connectivity index (χ4n) is 7.41. The van der Waals surface area contributed by atoms with Crippen LogP contribution >= 0.6 is 11.3 Å². The smallest absolute Gasteiger partial charge is 0.160 e. The molecule has 2 aromatic heterocycles. The van der Waals surface area contributed by atoms with Crippen LogP contribution in [0.4, 0.5) is 0 Å². The molecule has 2 heterocycles. The topological polar surface area (TPSA) is 25.8 Å². The van der Waals surface area contributed by atoms with Crippen molar-refractivity contribution in [3.8, 4) is 67.3 Å². The van der Waals surface area contributed by atoms with Gasteiger partial charge in [-0.1, -0.05) is 152 Å². The second-order valence-corrected chi connectivity index (χ2v) is 14.5. The predicted molar refractivity (Wildman–Crippen MR) is 225 cm³/mol. The zero-order valence-electron chi connectivity index (χ0n) is 28.8. The molecule has 0 aliphatic carbocycles. The van der Waals surface area contributed by atoms with Crippen LogP contribution in [0.2, 0.25) is 0 Å². The average molecular weight is 693 g/mol. The van der Waals surface area contributed by atoms with E-state index in [1.165, 1.54) is 53.2 Å². The number of thiophene rings is 1. The van der Waals surface area contributed by atoms with Crippen molar-refractivity contribution in [1.29, 1.82) is 0 Å². The Labute approximate surface area is 312 Å². The number of hydrogen-bond acceptors (Lipinski definition) is 3. The van der Waals surface area contributed by atoms with Gasteiger partial charge in [0, 0.05) is 36.9 Å². The number of fused-ring (bicyclic) bond motifs is 4. The monoisotopic (exact) mass is 692 g/mol. The molecule has 0 aliphatic heterocycles. The van der Waals surface area contributed by atoms with Crippen LogP contribution in [0.3, 0.4) is 0 Å². The first-order valence-electron chi connectivity index (χ1n) is 17.9. The molecule has 0 atom stereocenters. The molecule has 0 N–H and O–H groups in total. The largest absolute Gasteiger partial charge is 0.228 e. The highest BCUT2D eigenvalue weighted by Crippen LogP contribution is 2.42. The van der Waals surface area contributed by atoms with E-state index in [0.29, 0.717) is 5.82 Å². The van der Waals surface area contributed by atoms with E-state index in [1.54, 1.807) is 0 Å². The first-order chi connectivity index (χ1) is 26.2. The van der Waals surface area contributed by atoms with E-state index >= 15 is 0 Å². The lowest BCUT2D eigenvalue weighted by molar-refractivity contribution is 1.18. The quantitative estimate of drug-likeness (QED) is 0.173. The number of nitrogens with zero attached hydrogens (tertiary/aromatic N) is 2. The van der Waals surface area contributed by atoms with Crippen LogP contribution in [-0.2, 0) is 0 Å². The number of aromatic nitrogens is 2. The maximum Gasteiger partial charge on any atom is 0.160 e. The molecule has 3 heteroatoms. The van der Waals surface area contributed by atoms with Crippen molar-refractivity contribution in [2.75, 3.05) is 0 Å². The summed E-state index contributed by atoms with van der Waals surface area (Å²) < 4.78 is 2.59. The molecule has 8 aromatic carbocycles. The van der Waals surface area contributed by atoms with E-state index in [9.17, 15) is 0 Å². The Kier molecular flexibility index (Phi) is 7.71. The minimum absolute atomic E-state index is 0.703. The van der Waals surface area contributed by atoms with Gasteiger partial charge in [-0.15, -0.1) is 11.3 Å². The average Bonchev–Trinajstić information content (AvgIpc) is 3.63. The molecule has 0 radical (unpaired) electrons. The van der Waals surface area contributed by atoms with Crippen LogP contribution in [0.25, 0.3) is 98.2 Å². The summed E-state index contributed by atoms with van der Waals surface area (Å²) in [6.07, 6.45) is 0. The Morgan fingerprint density at radius 2 is 0.906 bits per heavy atom. The van der Waals surface area contributed by atoms with Gasteiger partial charge in [0.15, 0.2) is 5.82 Å². The van der Waals surface area contributed by atoms with Gasteiger partial charge in [0.25, 0.3) is 0 Å². The van der Waals surface area contributed by atoms with Crippen LogP contribution in [0.15, 0.2) is 194 Å². The Morgan fingerprint density at radius 1 is 0.321 bits per heavy atom. The van der Waals surface area contributed by atoms with Gasteiger partial charge >= 0.3 is 0 Å². The molecule has 10 aromatic rings.